The van der Waals surface area contributed by atoms with Crippen LogP contribution in [0, 0.1) is 6.92 Å². The van der Waals surface area contributed by atoms with Crippen molar-refractivity contribution in [3.63, 3.8) is 0 Å². The summed E-state index contributed by atoms with van der Waals surface area (Å²) in [6, 6.07) is 10.9. The van der Waals surface area contributed by atoms with Crippen molar-refractivity contribution in [2.75, 3.05) is 10.6 Å². The van der Waals surface area contributed by atoms with E-state index in [1.807, 2.05) is 0 Å². The lowest BCUT2D eigenvalue weighted by Gasteiger charge is -2.15. The van der Waals surface area contributed by atoms with Crippen molar-refractivity contribution < 1.29 is 19.5 Å². The molecule has 2 amide bonds. The predicted octanol–water partition coefficient (Wildman–Crippen LogP) is 1.90. The maximum absolute atomic E-state index is 13.1. The Hall–Kier alpha value is -4.01. The van der Waals surface area contributed by atoms with E-state index in [-0.39, 0.29) is 23.7 Å². The van der Waals surface area contributed by atoms with Crippen molar-refractivity contribution in [3.05, 3.63) is 65.5 Å². The number of hydrogen-bond acceptors (Lipinski definition) is 6. The number of aryl methyl sites for hydroxylation is 1. The molecule has 146 valence electrons. The molecule has 1 aromatic carbocycles. The second kappa shape index (κ2) is 6.86. The number of hydrogen-bond donors (Lipinski definition) is 2. The zero-order chi connectivity index (χ0) is 20.7. The number of amides is 2. The highest BCUT2D eigenvalue weighted by molar-refractivity contribution is 6.23. The summed E-state index contributed by atoms with van der Waals surface area (Å²) in [5, 5.41) is 13.4. The van der Waals surface area contributed by atoms with Crippen LogP contribution >= 0.6 is 0 Å². The second-order valence-corrected chi connectivity index (χ2v) is 6.66. The molecule has 3 N–H and O–H groups in total. The number of rotatable bonds is 4. The van der Waals surface area contributed by atoms with Crippen LogP contribution in [0.4, 0.5) is 11.5 Å². The predicted molar refractivity (Wildman–Crippen MR) is 104 cm³/mol. The summed E-state index contributed by atoms with van der Waals surface area (Å²) in [6.45, 7) is 1.73. The lowest BCUT2D eigenvalue weighted by Crippen LogP contribution is -2.30. The fraction of sp³-hybridized carbons (Fsp3) is 0.150. The molecule has 9 heteroatoms. The van der Waals surface area contributed by atoms with Gasteiger partial charge in [-0.1, -0.05) is 6.07 Å². The smallest absolute Gasteiger partial charge is 0.335 e. The topological polar surface area (TPSA) is 131 Å². The Morgan fingerprint density at radius 2 is 1.90 bits per heavy atom. The summed E-state index contributed by atoms with van der Waals surface area (Å²) < 4.78 is 1.45. The molecule has 9 nitrogen and oxygen atoms in total. The number of pyridine rings is 1. The van der Waals surface area contributed by atoms with Crippen LogP contribution in [0.3, 0.4) is 0 Å². The SMILES string of the molecule is Cc1nn(-c2ccccn2)c(N)c1[C@@H]1CC(=O)N(c2ccc(C(=O)O)cc2)C1=O. The highest BCUT2D eigenvalue weighted by Crippen LogP contribution is 2.37. The molecule has 1 aliphatic heterocycles. The summed E-state index contributed by atoms with van der Waals surface area (Å²) >= 11 is 0. The standard InChI is InChI=1S/C20H17N5O4/c1-11-17(18(21)25(23-11)15-4-2-3-9-22-15)14-10-16(26)24(19(14)27)13-7-5-12(6-8-13)20(28)29/h2-9,14H,10,21H2,1H3,(H,28,29)/t14-/m0/s1. The molecular formula is C20H17N5O4. The molecule has 1 aliphatic rings. The highest BCUT2D eigenvalue weighted by atomic mass is 16.4. The minimum Gasteiger partial charge on any atom is -0.478 e. The first kappa shape index (κ1) is 18.4. The van der Waals surface area contributed by atoms with Gasteiger partial charge in [0.1, 0.15) is 5.82 Å². The first-order valence-electron chi connectivity index (χ1n) is 8.85. The Labute approximate surface area is 165 Å². The zero-order valence-corrected chi connectivity index (χ0v) is 15.4. The number of anilines is 2. The molecule has 3 aromatic rings. The number of carboxylic acid groups (broad SMARTS) is 1. The van der Waals surface area contributed by atoms with Crippen LogP contribution < -0.4 is 10.6 Å². The third-order valence-electron chi connectivity index (χ3n) is 4.88. The molecule has 0 unspecified atom stereocenters. The number of nitrogens with zero attached hydrogens (tertiary/aromatic N) is 4. The first-order chi connectivity index (χ1) is 13.9. The first-order valence-corrected chi connectivity index (χ1v) is 8.85. The average molecular weight is 391 g/mol. The van der Waals surface area contributed by atoms with Gasteiger partial charge in [0.05, 0.1) is 22.9 Å². The van der Waals surface area contributed by atoms with Crippen LogP contribution in [0.5, 0.6) is 0 Å². The fourth-order valence-electron chi connectivity index (χ4n) is 3.52. The van der Waals surface area contributed by atoms with E-state index in [2.05, 4.69) is 10.1 Å². The van der Waals surface area contributed by atoms with E-state index < -0.39 is 17.8 Å². The highest BCUT2D eigenvalue weighted by Gasteiger charge is 2.43. The summed E-state index contributed by atoms with van der Waals surface area (Å²) in [5.74, 6) is -1.88. The quantitative estimate of drug-likeness (QED) is 0.649. The number of carbonyl (C=O) groups is 3. The minimum absolute atomic E-state index is 0.0432. The lowest BCUT2D eigenvalue weighted by atomic mass is 9.97. The Kier molecular flexibility index (Phi) is 4.34. The van der Waals surface area contributed by atoms with Gasteiger partial charge >= 0.3 is 5.97 Å². The Balaban J connectivity index is 1.69. The molecule has 0 radical (unpaired) electrons. The molecule has 1 atom stereocenters. The van der Waals surface area contributed by atoms with Crippen molar-refractivity contribution in [1.82, 2.24) is 14.8 Å². The van der Waals surface area contributed by atoms with Gasteiger partial charge in [0.25, 0.3) is 0 Å². The number of imide groups is 1. The van der Waals surface area contributed by atoms with Crippen molar-refractivity contribution in [2.24, 2.45) is 0 Å². The number of aromatic carboxylic acids is 1. The van der Waals surface area contributed by atoms with E-state index in [0.717, 1.165) is 4.90 Å². The fourth-order valence-corrected chi connectivity index (χ4v) is 3.52. The number of nitrogen functional groups attached to an aromatic ring is 1. The van der Waals surface area contributed by atoms with E-state index in [1.54, 1.807) is 31.3 Å². The second-order valence-electron chi connectivity index (χ2n) is 6.66. The molecule has 1 fully saturated rings. The van der Waals surface area contributed by atoms with Crippen LogP contribution in [0.25, 0.3) is 5.82 Å². The van der Waals surface area contributed by atoms with Crippen LogP contribution in [0.1, 0.15) is 34.0 Å². The molecule has 0 aliphatic carbocycles. The molecule has 0 spiro atoms. The molecule has 2 aromatic heterocycles. The number of benzene rings is 1. The van der Waals surface area contributed by atoms with Gasteiger partial charge in [-0.05, 0) is 43.3 Å². The summed E-state index contributed by atoms with van der Waals surface area (Å²) in [7, 11) is 0. The van der Waals surface area contributed by atoms with Gasteiger partial charge in [-0.15, -0.1) is 0 Å². The van der Waals surface area contributed by atoms with Crippen LogP contribution in [0.2, 0.25) is 0 Å². The molecular weight excluding hydrogens is 374 g/mol. The zero-order valence-electron chi connectivity index (χ0n) is 15.4. The monoisotopic (exact) mass is 391 g/mol. The Bertz CT molecular complexity index is 1120. The minimum atomic E-state index is -1.08. The van der Waals surface area contributed by atoms with Gasteiger partial charge in [0.15, 0.2) is 5.82 Å². The van der Waals surface area contributed by atoms with E-state index in [0.29, 0.717) is 22.8 Å². The molecule has 29 heavy (non-hydrogen) atoms. The molecule has 3 heterocycles. The number of aromatic nitrogens is 3. The molecule has 0 bridgehead atoms. The third-order valence-corrected chi connectivity index (χ3v) is 4.88. The number of nitrogens with two attached hydrogens (primary N) is 1. The largest absolute Gasteiger partial charge is 0.478 e. The third kappa shape index (κ3) is 3.02. The molecule has 1 saturated heterocycles. The summed E-state index contributed by atoms with van der Waals surface area (Å²) in [5.41, 5.74) is 7.71. The van der Waals surface area contributed by atoms with Gasteiger partial charge in [-0.2, -0.15) is 9.78 Å². The van der Waals surface area contributed by atoms with Crippen molar-refractivity contribution in [1.29, 1.82) is 0 Å². The molecule has 4 rings (SSSR count). The van der Waals surface area contributed by atoms with Crippen molar-refractivity contribution in [3.8, 4) is 5.82 Å². The van der Waals surface area contributed by atoms with E-state index in [4.69, 9.17) is 10.8 Å². The van der Waals surface area contributed by atoms with Crippen LogP contribution in [-0.4, -0.2) is 37.7 Å². The van der Waals surface area contributed by atoms with Gasteiger partial charge in [-0.25, -0.2) is 9.78 Å². The van der Waals surface area contributed by atoms with Gasteiger partial charge < -0.3 is 10.8 Å². The van der Waals surface area contributed by atoms with Gasteiger partial charge in [0, 0.05) is 18.2 Å². The van der Waals surface area contributed by atoms with Gasteiger partial charge in [0.2, 0.25) is 11.8 Å². The lowest BCUT2D eigenvalue weighted by molar-refractivity contribution is -0.121. The van der Waals surface area contributed by atoms with Crippen molar-refractivity contribution >= 4 is 29.3 Å². The Morgan fingerprint density at radius 1 is 1.17 bits per heavy atom. The van der Waals surface area contributed by atoms with E-state index in [1.165, 1.54) is 28.9 Å². The Morgan fingerprint density at radius 3 is 2.52 bits per heavy atom. The maximum atomic E-state index is 13.1. The summed E-state index contributed by atoms with van der Waals surface area (Å²) in [4.78, 5) is 42.0. The summed E-state index contributed by atoms with van der Waals surface area (Å²) in [6.07, 6.45) is 1.57. The van der Waals surface area contributed by atoms with E-state index >= 15 is 0 Å². The normalized spacial score (nSPS) is 16.4. The molecule has 0 saturated carbocycles. The van der Waals surface area contributed by atoms with Crippen LogP contribution in [-0.2, 0) is 9.59 Å². The van der Waals surface area contributed by atoms with Crippen molar-refractivity contribution in [2.45, 2.75) is 19.3 Å². The number of carboxylic acids is 1. The van der Waals surface area contributed by atoms with Crippen LogP contribution in [0.15, 0.2) is 48.7 Å². The van der Waals surface area contributed by atoms with E-state index in [9.17, 15) is 14.4 Å². The number of carbonyl (C=O) groups excluding carboxylic acids is 2. The average Bonchev–Trinajstić information content (AvgIpc) is 3.17. The maximum Gasteiger partial charge on any atom is 0.335 e. The van der Waals surface area contributed by atoms with Gasteiger partial charge in [-0.3, -0.25) is 14.5 Å².